The Balaban J connectivity index is 2.23. The summed E-state index contributed by atoms with van der Waals surface area (Å²) in [7, 11) is 0. The van der Waals surface area contributed by atoms with E-state index < -0.39 is 0 Å². The van der Waals surface area contributed by atoms with E-state index in [2.05, 4.69) is 28.8 Å². The van der Waals surface area contributed by atoms with Crippen LogP contribution in [0.1, 0.15) is 0 Å². The molecular weight excluding hydrogens is 260 g/mol. The van der Waals surface area contributed by atoms with Crippen molar-refractivity contribution in [1.29, 1.82) is 0 Å². The Morgan fingerprint density at radius 1 is 0.889 bits per heavy atom. The van der Waals surface area contributed by atoms with Crippen molar-refractivity contribution in [1.82, 2.24) is 4.49 Å². The molecule has 0 aliphatic carbocycles. The van der Waals surface area contributed by atoms with Crippen molar-refractivity contribution in [3.8, 4) is 16.9 Å². The van der Waals surface area contributed by atoms with Crippen LogP contribution in [0.15, 0.2) is 60.7 Å². The average molecular weight is 271 g/mol. The van der Waals surface area contributed by atoms with Crippen LogP contribution in [-0.4, -0.2) is 4.49 Å². The summed E-state index contributed by atoms with van der Waals surface area (Å²) in [5.74, 6) is 0. The first-order valence-electron chi connectivity index (χ1n) is 5.60. The number of aromatic nitrogens is 2. The van der Waals surface area contributed by atoms with E-state index in [0.717, 1.165) is 20.8 Å². The van der Waals surface area contributed by atoms with Gasteiger partial charge in [-0.2, -0.15) is 0 Å². The number of nitrogens with one attached hydrogen (secondary N) is 1. The van der Waals surface area contributed by atoms with Crippen molar-refractivity contribution in [3.63, 3.8) is 0 Å². The van der Waals surface area contributed by atoms with E-state index in [1.807, 2.05) is 41.1 Å². The quantitative estimate of drug-likeness (QED) is 0.556. The average Bonchev–Trinajstić information content (AvgIpc) is 2.83. The molecule has 2 aromatic carbocycles. The van der Waals surface area contributed by atoms with E-state index in [-0.39, 0.29) is 0 Å². The summed E-state index contributed by atoms with van der Waals surface area (Å²) in [6.07, 6.45) is 0. The predicted octanol–water partition coefficient (Wildman–Crippen LogP) is 3.75. The van der Waals surface area contributed by atoms with Crippen molar-refractivity contribution in [2.45, 2.75) is 0 Å². The van der Waals surface area contributed by atoms with E-state index in [4.69, 9.17) is 12.2 Å². The van der Waals surface area contributed by atoms with Crippen LogP contribution in [0.5, 0.6) is 0 Å². The molecule has 2 nitrogen and oxygen atoms in total. The third-order valence-electron chi connectivity index (χ3n) is 2.71. The van der Waals surface area contributed by atoms with E-state index in [0.29, 0.717) is 0 Å². The van der Waals surface area contributed by atoms with Crippen molar-refractivity contribution in [3.05, 3.63) is 64.5 Å². The Labute approximate surface area is 114 Å². The molecule has 0 bridgehead atoms. The minimum atomic E-state index is 0.866. The summed E-state index contributed by atoms with van der Waals surface area (Å²) in [6.45, 7) is 0. The number of rotatable bonds is 2. The Morgan fingerprint density at radius 3 is 2.17 bits per heavy atom. The zero-order valence-corrected chi connectivity index (χ0v) is 11.2. The van der Waals surface area contributed by atoms with Gasteiger partial charge in [-0.25, -0.2) is 0 Å². The smallest absolute Gasteiger partial charge is 0.109 e. The molecule has 0 radical (unpaired) electrons. The third kappa shape index (κ3) is 2.00. The number of H-pyrrole nitrogens is 1. The third-order valence-corrected chi connectivity index (χ3v) is 3.80. The number of para-hydroxylation sites is 1. The van der Waals surface area contributed by atoms with Gasteiger partial charge in [0.15, 0.2) is 3.82 Å². The zero-order chi connectivity index (χ0) is 12.4. The lowest BCUT2D eigenvalue weighted by atomic mass is 10.2. The molecule has 18 heavy (non-hydrogen) atoms. The van der Waals surface area contributed by atoms with Gasteiger partial charge in [-0.3, -0.25) is 0 Å². The summed E-state index contributed by atoms with van der Waals surface area (Å²) < 4.78 is 6.14. The number of nitrogens with zero attached hydrogens (tertiary/aromatic N) is 1. The number of benzene rings is 2. The molecule has 3 aromatic rings. The van der Waals surface area contributed by atoms with Crippen LogP contribution in [0.3, 0.4) is 0 Å². The molecule has 88 valence electrons. The first-order valence-corrected chi connectivity index (χ1v) is 6.83. The maximum absolute atomic E-state index is 5.42. The first kappa shape index (κ1) is 11.3. The topological polar surface area (TPSA) is 19.7 Å². The van der Waals surface area contributed by atoms with Crippen LogP contribution in [0.25, 0.3) is 16.9 Å². The number of hydrogen-bond donors (Lipinski definition) is 1. The summed E-state index contributed by atoms with van der Waals surface area (Å²) in [4.78, 5) is 0. The highest BCUT2D eigenvalue weighted by molar-refractivity contribution is 7.73. The second kappa shape index (κ2) is 4.84. The van der Waals surface area contributed by atoms with Gasteiger partial charge in [0.2, 0.25) is 5.69 Å². The van der Waals surface area contributed by atoms with Gasteiger partial charge < -0.3 is 0 Å². The summed E-state index contributed by atoms with van der Waals surface area (Å²) in [5.41, 5.74) is 3.26. The van der Waals surface area contributed by atoms with E-state index in [1.165, 1.54) is 11.5 Å². The second-order valence-electron chi connectivity index (χ2n) is 3.87. The van der Waals surface area contributed by atoms with Gasteiger partial charge in [0, 0.05) is 23.7 Å². The molecule has 4 heteroatoms. The number of hydrogen-bond acceptors (Lipinski definition) is 2. The highest BCUT2D eigenvalue weighted by atomic mass is 32.2. The highest BCUT2D eigenvalue weighted by Gasteiger charge is 2.20. The Kier molecular flexibility index (Phi) is 3.04. The largest absolute Gasteiger partial charge is 0.273 e. The van der Waals surface area contributed by atoms with Gasteiger partial charge in [0.25, 0.3) is 5.69 Å². The Bertz CT molecular complexity index is 699. The van der Waals surface area contributed by atoms with Crippen LogP contribution in [-0.2, 0) is 0 Å². The predicted molar refractivity (Wildman–Crippen MR) is 76.5 cm³/mol. The number of aromatic amines is 1. The minimum Gasteiger partial charge on any atom is -0.109 e. The SMILES string of the molecule is S=c1s[nH][n+](-c2ccccc2)c1-c1ccccc1. The molecule has 0 aliphatic heterocycles. The van der Waals surface area contributed by atoms with Crippen LogP contribution < -0.4 is 4.68 Å². The molecule has 0 saturated carbocycles. The molecule has 0 atom stereocenters. The van der Waals surface area contributed by atoms with Gasteiger partial charge in [0.05, 0.1) is 5.56 Å². The fourth-order valence-electron chi connectivity index (χ4n) is 1.87. The van der Waals surface area contributed by atoms with Crippen LogP contribution >= 0.6 is 23.8 Å². The molecule has 1 heterocycles. The zero-order valence-electron chi connectivity index (χ0n) is 9.54. The van der Waals surface area contributed by atoms with Crippen molar-refractivity contribution >= 4 is 23.8 Å². The van der Waals surface area contributed by atoms with Gasteiger partial charge >= 0.3 is 0 Å². The lowest BCUT2D eigenvalue weighted by Gasteiger charge is -1.96. The summed E-state index contributed by atoms with van der Waals surface area (Å²) >= 11 is 6.89. The molecule has 1 aromatic heterocycles. The van der Waals surface area contributed by atoms with Crippen LogP contribution in [0, 0.1) is 3.82 Å². The summed E-state index contributed by atoms with van der Waals surface area (Å²) in [6, 6.07) is 20.4. The normalized spacial score (nSPS) is 10.4. The molecule has 0 aliphatic rings. The van der Waals surface area contributed by atoms with E-state index in [9.17, 15) is 0 Å². The Morgan fingerprint density at radius 2 is 1.50 bits per heavy atom. The molecule has 3 rings (SSSR count). The molecule has 0 unspecified atom stereocenters. The second-order valence-corrected chi connectivity index (χ2v) is 5.33. The lowest BCUT2D eigenvalue weighted by Crippen LogP contribution is -2.34. The standard InChI is InChI=1S/C14H10N2S2/c17-14-13(11-7-3-1-4-8-11)16(15-18-14)12-9-5-2-6-10-12/h1-10H/p+1. The van der Waals surface area contributed by atoms with Crippen LogP contribution in [0.4, 0.5) is 0 Å². The van der Waals surface area contributed by atoms with Crippen LogP contribution in [0.2, 0.25) is 0 Å². The maximum Gasteiger partial charge on any atom is 0.273 e. The Hall–Kier alpha value is -1.78. The monoisotopic (exact) mass is 271 g/mol. The fraction of sp³-hybridized carbons (Fsp3) is 0. The molecule has 0 fully saturated rings. The maximum atomic E-state index is 5.42. The minimum absolute atomic E-state index is 0.866. The summed E-state index contributed by atoms with van der Waals surface area (Å²) in [5, 5.41) is 0. The lowest BCUT2D eigenvalue weighted by molar-refractivity contribution is -0.640. The van der Waals surface area contributed by atoms with Crippen molar-refractivity contribution in [2.24, 2.45) is 0 Å². The molecular formula is C14H11N2S2+. The molecule has 1 N–H and O–H groups in total. The van der Waals surface area contributed by atoms with E-state index >= 15 is 0 Å². The fourth-order valence-corrected chi connectivity index (χ4v) is 2.87. The van der Waals surface area contributed by atoms with Gasteiger partial charge in [-0.15, -0.1) is 4.49 Å². The van der Waals surface area contributed by atoms with Gasteiger partial charge in [-0.1, -0.05) is 53.3 Å². The van der Waals surface area contributed by atoms with Crippen molar-refractivity contribution in [2.75, 3.05) is 0 Å². The highest BCUT2D eigenvalue weighted by Crippen LogP contribution is 2.19. The van der Waals surface area contributed by atoms with Crippen molar-refractivity contribution < 1.29 is 4.68 Å². The first-order chi connectivity index (χ1) is 8.86. The van der Waals surface area contributed by atoms with Gasteiger partial charge in [-0.05, 0) is 12.1 Å². The molecule has 0 spiro atoms. The molecule has 0 saturated heterocycles. The van der Waals surface area contributed by atoms with E-state index in [1.54, 1.807) is 0 Å². The van der Waals surface area contributed by atoms with Gasteiger partial charge in [0.1, 0.15) is 0 Å². The molecule has 0 amide bonds.